The molecule has 0 heterocycles. The maximum atomic E-state index is 2.39. The molecule has 0 amide bonds. The van der Waals surface area contributed by atoms with E-state index in [1.807, 2.05) is 0 Å². The highest BCUT2D eigenvalue weighted by Gasteiger charge is 2.20. The van der Waals surface area contributed by atoms with Gasteiger partial charge in [0, 0.05) is 68.3 Å². The average Bonchev–Trinajstić information content (AvgIpc) is 3.51. The third kappa shape index (κ3) is 10.3. The fourth-order valence-electron chi connectivity index (χ4n) is 10.5. The van der Waals surface area contributed by atoms with Gasteiger partial charge in [0.1, 0.15) is 0 Å². The molecular weight excluding hydrogens is 921 g/mol. The van der Waals surface area contributed by atoms with Crippen molar-refractivity contribution in [2.75, 3.05) is 19.6 Å². The third-order valence-corrected chi connectivity index (χ3v) is 14.3. The van der Waals surface area contributed by atoms with Crippen molar-refractivity contribution in [2.24, 2.45) is 0 Å². The number of para-hydroxylation sites is 2. The number of benzene rings is 10. The normalized spacial score (nSPS) is 12.8. The van der Waals surface area contributed by atoms with E-state index < -0.39 is 0 Å². The van der Waals surface area contributed by atoms with E-state index in [1.54, 1.807) is 0 Å². The molecule has 366 valence electrons. The van der Waals surface area contributed by atoms with E-state index in [-0.39, 0.29) is 0 Å². The van der Waals surface area contributed by atoms with Gasteiger partial charge in [0.05, 0.1) is 0 Å². The summed E-state index contributed by atoms with van der Waals surface area (Å²) in [6.45, 7) is 0. The Hall–Kier alpha value is -9.64. The summed E-state index contributed by atoms with van der Waals surface area (Å²) in [6, 6.07) is 96.3. The number of anilines is 10. The van der Waals surface area contributed by atoms with E-state index in [9.17, 15) is 0 Å². The zero-order valence-electron chi connectivity index (χ0n) is 42.5. The zero-order chi connectivity index (χ0) is 50.9. The standard InChI is InChI=1S/C72H58N4/c1-7-19-55(20-8-1)57-31-39-65(40-32-57)75(71-51-47-69(48-52-71)73(61-23-11-3-12-24-61)62-25-13-4-14-26-62)67-43-35-59(36-44-67)60-37-45-68(46-38-60)76(66-41-33-58(34-42-66)56-21-9-2-10-22-56)72-53-49-70(50-54-72)74(63-27-15-5-16-28-63)64-29-17-6-18-30-64/h1-5,7-13,15-17,19-25,27-54H,6,14,18,26H2. The predicted molar refractivity (Wildman–Crippen MR) is 322 cm³/mol. The number of allylic oxidation sites excluding steroid dienone is 7. The van der Waals surface area contributed by atoms with E-state index in [4.69, 9.17) is 0 Å². The maximum absolute atomic E-state index is 2.39. The first-order valence-corrected chi connectivity index (χ1v) is 26.4. The van der Waals surface area contributed by atoms with Crippen LogP contribution in [0.2, 0.25) is 0 Å². The average molecular weight is 979 g/mol. The van der Waals surface area contributed by atoms with Crippen molar-refractivity contribution in [1.82, 2.24) is 0 Å². The van der Waals surface area contributed by atoms with Crippen LogP contribution in [-0.2, 0) is 0 Å². The lowest BCUT2D eigenvalue weighted by molar-refractivity contribution is 0.917. The summed E-state index contributed by atoms with van der Waals surface area (Å²) in [6.07, 6.45) is 17.6. The lowest BCUT2D eigenvalue weighted by Gasteiger charge is -2.30. The van der Waals surface area contributed by atoms with Gasteiger partial charge < -0.3 is 19.6 Å². The Morgan fingerprint density at radius 1 is 0.237 bits per heavy atom. The quantitative estimate of drug-likeness (QED) is 0.101. The highest BCUT2D eigenvalue weighted by molar-refractivity contribution is 5.84. The molecule has 10 aromatic rings. The van der Waals surface area contributed by atoms with Gasteiger partial charge >= 0.3 is 0 Å². The highest BCUT2D eigenvalue weighted by atomic mass is 15.2. The largest absolute Gasteiger partial charge is 0.314 e. The van der Waals surface area contributed by atoms with E-state index >= 15 is 0 Å². The van der Waals surface area contributed by atoms with Gasteiger partial charge in [-0.25, -0.2) is 0 Å². The Balaban J connectivity index is 0.866. The van der Waals surface area contributed by atoms with Gasteiger partial charge in [0.25, 0.3) is 0 Å². The molecule has 0 fully saturated rings. The van der Waals surface area contributed by atoms with Gasteiger partial charge in [0.15, 0.2) is 0 Å². The summed E-state index contributed by atoms with van der Waals surface area (Å²) in [7, 11) is 0. The molecule has 2 aliphatic rings. The smallest absolute Gasteiger partial charge is 0.0463 e. The molecule has 4 heteroatoms. The number of hydrogen-bond acceptors (Lipinski definition) is 4. The zero-order valence-corrected chi connectivity index (χ0v) is 42.5. The monoisotopic (exact) mass is 978 g/mol. The fourth-order valence-corrected chi connectivity index (χ4v) is 10.5. The van der Waals surface area contributed by atoms with Crippen LogP contribution in [0, 0.1) is 0 Å². The van der Waals surface area contributed by atoms with Crippen LogP contribution in [0.15, 0.2) is 315 Å². The molecule has 0 N–H and O–H groups in total. The molecule has 0 atom stereocenters. The maximum Gasteiger partial charge on any atom is 0.0463 e. The second-order valence-corrected chi connectivity index (χ2v) is 19.2. The minimum atomic E-state index is 0.989. The minimum absolute atomic E-state index is 0.989. The molecule has 2 aliphatic carbocycles. The molecule has 4 nitrogen and oxygen atoms in total. The van der Waals surface area contributed by atoms with Crippen LogP contribution in [0.25, 0.3) is 33.4 Å². The molecule has 10 aromatic carbocycles. The van der Waals surface area contributed by atoms with Crippen LogP contribution in [-0.4, -0.2) is 0 Å². The first-order valence-electron chi connectivity index (χ1n) is 26.4. The second-order valence-electron chi connectivity index (χ2n) is 19.2. The van der Waals surface area contributed by atoms with E-state index in [1.165, 1.54) is 33.6 Å². The molecule has 0 aromatic heterocycles. The van der Waals surface area contributed by atoms with Crippen molar-refractivity contribution in [3.05, 3.63) is 315 Å². The Labute approximate surface area is 448 Å². The minimum Gasteiger partial charge on any atom is -0.314 e. The summed E-state index contributed by atoms with van der Waals surface area (Å²) in [4.78, 5) is 9.45. The van der Waals surface area contributed by atoms with E-state index in [0.717, 1.165) is 93.7 Å². The van der Waals surface area contributed by atoms with Crippen LogP contribution in [0.3, 0.4) is 0 Å². The van der Waals surface area contributed by atoms with Gasteiger partial charge in [-0.3, -0.25) is 0 Å². The molecule has 0 aliphatic heterocycles. The van der Waals surface area contributed by atoms with Gasteiger partial charge in [-0.1, -0.05) is 170 Å². The molecular formula is C72H58N4. The van der Waals surface area contributed by atoms with Crippen molar-refractivity contribution in [3.63, 3.8) is 0 Å². The van der Waals surface area contributed by atoms with Crippen molar-refractivity contribution >= 4 is 56.9 Å². The van der Waals surface area contributed by atoms with Crippen molar-refractivity contribution < 1.29 is 0 Å². The molecule has 0 bridgehead atoms. The van der Waals surface area contributed by atoms with Crippen LogP contribution in [0.1, 0.15) is 25.7 Å². The van der Waals surface area contributed by atoms with Gasteiger partial charge in [-0.15, -0.1) is 0 Å². The molecule has 0 unspecified atom stereocenters. The second kappa shape index (κ2) is 22.2. The Bertz CT molecular complexity index is 3620. The third-order valence-electron chi connectivity index (χ3n) is 14.3. The highest BCUT2D eigenvalue weighted by Crippen LogP contribution is 2.42. The lowest BCUT2D eigenvalue weighted by atomic mass is 10.0. The van der Waals surface area contributed by atoms with Crippen LogP contribution in [0.4, 0.5) is 56.9 Å². The first kappa shape index (κ1) is 47.4. The van der Waals surface area contributed by atoms with Crippen molar-refractivity contribution in [3.8, 4) is 33.4 Å². The van der Waals surface area contributed by atoms with Crippen LogP contribution < -0.4 is 19.6 Å². The molecule has 76 heavy (non-hydrogen) atoms. The van der Waals surface area contributed by atoms with Crippen LogP contribution in [0.5, 0.6) is 0 Å². The number of nitrogens with zero attached hydrogens (tertiary/aromatic N) is 4. The van der Waals surface area contributed by atoms with Crippen molar-refractivity contribution in [2.45, 2.75) is 25.7 Å². The van der Waals surface area contributed by atoms with Gasteiger partial charge in [-0.2, -0.15) is 0 Å². The van der Waals surface area contributed by atoms with Gasteiger partial charge in [-0.05, 0) is 193 Å². The van der Waals surface area contributed by atoms with Crippen LogP contribution >= 0.6 is 0 Å². The fraction of sp³-hybridized carbons (Fsp3) is 0.0556. The topological polar surface area (TPSA) is 13.0 Å². The molecule has 0 radical (unpaired) electrons. The molecule has 0 saturated heterocycles. The summed E-state index contributed by atoms with van der Waals surface area (Å²) < 4.78 is 0. The first-order chi connectivity index (χ1) is 37.7. The summed E-state index contributed by atoms with van der Waals surface area (Å²) in [5.74, 6) is 0. The lowest BCUT2D eigenvalue weighted by Crippen LogP contribution is -2.17. The van der Waals surface area contributed by atoms with E-state index in [0.29, 0.717) is 0 Å². The van der Waals surface area contributed by atoms with E-state index in [2.05, 4.69) is 323 Å². The van der Waals surface area contributed by atoms with Crippen molar-refractivity contribution in [1.29, 1.82) is 0 Å². The Kier molecular flexibility index (Phi) is 13.9. The summed E-state index contributed by atoms with van der Waals surface area (Å²) in [5, 5.41) is 0. The molecule has 0 spiro atoms. The number of hydrogen-bond donors (Lipinski definition) is 0. The number of rotatable bonds is 15. The molecule has 12 rings (SSSR count). The SMILES string of the molecule is C1=CCCC(N(c2ccccc2)c2ccc(N(c3ccc(-c4ccccc4)cc3)c3ccc(-c4ccc(N(c5ccc(-c6ccccc6)cc5)c5ccc(N(C6=CCCC=C6)c6ccccc6)cc5)cc4)cc3)cc2)=C1. The van der Waals surface area contributed by atoms with Gasteiger partial charge in [0.2, 0.25) is 0 Å². The predicted octanol–water partition coefficient (Wildman–Crippen LogP) is 20.4. The Morgan fingerprint density at radius 2 is 0.539 bits per heavy atom. The Morgan fingerprint density at radius 3 is 0.882 bits per heavy atom. The summed E-state index contributed by atoms with van der Waals surface area (Å²) in [5.41, 5.74) is 20.6. The molecule has 0 saturated carbocycles. The summed E-state index contributed by atoms with van der Waals surface area (Å²) >= 11 is 0.